The number of nitrogens with zero attached hydrogens (tertiary/aromatic N) is 2. The fraction of sp³-hybridized carbons (Fsp3) is 0.385. The highest BCUT2D eigenvalue weighted by atomic mass is 16.6. The number of aliphatic carboxylic acids is 1. The summed E-state index contributed by atoms with van der Waals surface area (Å²) in [5.74, 6) is -1.21. The number of non-ortho nitro benzene ring substituents is 1. The van der Waals surface area contributed by atoms with Gasteiger partial charge in [-0.3, -0.25) is 19.7 Å². The van der Waals surface area contributed by atoms with Crippen LogP contribution in [-0.2, 0) is 4.79 Å². The number of likely N-dealkylation sites (tertiary alicyclic amines) is 1. The largest absolute Gasteiger partial charge is 0.481 e. The van der Waals surface area contributed by atoms with Crippen LogP contribution in [0, 0.1) is 10.1 Å². The van der Waals surface area contributed by atoms with Crippen molar-refractivity contribution in [1.82, 2.24) is 4.90 Å². The van der Waals surface area contributed by atoms with E-state index in [-0.39, 0.29) is 24.1 Å². The first-order valence-corrected chi connectivity index (χ1v) is 6.26. The molecule has 0 spiro atoms. The van der Waals surface area contributed by atoms with E-state index in [1.165, 1.54) is 29.2 Å². The number of carbonyl (C=O) groups is 2. The van der Waals surface area contributed by atoms with Crippen LogP contribution in [0.4, 0.5) is 5.69 Å². The second-order valence-electron chi connectivity index (χ2n) is 4.70. The first-order chi connectivity index (χ1) is 9.49. The lowest BCUT2D eigenvalue weighted by molar-refractivity contribution is -0.384. The van der Waals surface area contributed by atoms with Gasteiger partial charge in [0.25, 0.3) is 11.6 Å². The van der Waals surface area contributed by atoms with Gasteiger partial charge < -0.3 is 10.0 Å². The predicted molar refractivity (Wildman–Crippen MR) is 69.4 cm³/mol. The van der Waals surface area contributed by atoms with E-state index in [1.807, 2.05) is 0 Å². The molecule has 1 aliphatic heterocycles. The van der Waals surface area contributed by atoms with E-state index in [1.54, 1.807) is 0 Å². The van der Waals surface area contributed by atoms with Crippen molar-refractivity contribution >= 4 is 17.6 Å². The summed E-state index contributed by atoms with van der Waals surface area (Å²) in [4.78, 5) is 34.6. The van der Waals surface area contributed by atoms with Crippen LogP contribution >= 0.6 is 0 Å². The lowest BCUT2D eigenvalue weighted by Gasteiger charge is -2.23. The van der Waals surface area contributed by atoms with Crippen LogP contribution in [0.15, 0.2) is 24.3 Å². The van der Waals surface area contributed by atoms with Crippen molar-refractivity contribution < 1.29 is 19.6 Å². The summed E-state index contributed by atoms with van der Waals surface area (Å²) < 4.78 is 0. The van der Waals surface area contributed by atoms with Crippen molar-refractivity contribution in [2.45, 2.75) is 25.3 Å². The highest BCUT2D eigenvalue weighted by Crippen LogP contribution is 2.23. The Kier molecular flexibility index (Phi) is 3.97. The molecule has 7 nitrogen and oxygen atoms in total. The maximum atomic E-state index is 12.3. The van der Waals surface area contributed by atoms with Crippen LogP contribution in [0.1, 0.15) is 29.6 Å². The molecule has 7 heteroatoms. The summed E-state index contributed by atoms with van der Waals surface area (Å²) >= 11 is 0. The maximum Gasteiger partial charge on any atom is 0.305 e. The number of nitro benzene ring substituents is 1. The second kappa shape index (κ2) is 5.68. The quantitative estimate of drug-likeness (QED) is 0.667. The van der Waals surface area contributed by atoms with E-state index < -0.39 is 10.9 Å². The monoisotopic (exact) mass is 278 g/mol. The number of amides is 1. The Bertz CT molecular complexity index is 540. The van der Waals surface area contributed by atoms with E-state index in [4.69, 9.17) is 5.11 Å². The molecular formula is C13H14N2O5. The molecule has 0 radical (unpaired) electrons. The van der Waals surface area contributed by atoms with Crippen LogP contribution in [0.3, 0.4) is 0 Å². The molecule has 2 rings (SSSR count). The van der Waals surface area contributed by atoms with Crippen molar-refractivity contribution in [3.63, 3.8) is 0 Å². The van der Waals surface area contributed by atoms with Crippen LogP contribution in [0.2, 0.25) is 0 Å². The van der Waals surface area contributed by atoms with Gasteiger partial charge in [0.15, 0.2) is 0 Å². The summed E-state index contributed by atoms with van der Waals surface area (Å²) in [6.45, 7) is 0.522. The molecule has 20 heavy (non-hydrogen) atoms. The summed E-state index contributed by atoms with van der Waals surface area (Å²) in [6.07, 6.45) is 1.38. The third kappa shape index (κ3) is 2.93. The normalized spacial score (nSPS) is 18.0. The maximum absolute atomic E-state index is 12.3. The second-order valence-corrected chi connectivity index (χ2v) is 4.70. The zero-order valence-corrected chi connectivity index (χ0v) is 10.7. The Balaban J connectivity index is 2.13. The van der Waals surface area contributed by atoms with E-state index in [0.717, 1.165) is 6.42 Å². The van der Waals surface area contributed by atoms with Gasteiger partial charge in [-0.1, -0.05) is 0 Å². The molecule has 0 bridgehead atoms. The third-order valence-electron chi connectivity index (χ3n) is 3.37. The van der Waals surface area contributed by atoms with Gasteiger partial charge in [0.2, 0.25) is 0 Å². The van der Waals surface area contributed by atoms with E-state index in [2.05, 4.69) is 0 Å². The Morgan fingerprint density at radius 2 is 2.00 bits per heavy atom. The Hall–Kier alpha value is -2.44. The molecule has 1 saturated heterocycles. The zero-order valence-electron chi connectivity index (χ0n) is 10.7. The summed E-state index contributed by atoms with van der Waals surface area (Å²) in [5.41, 5.74) is 0.262. The molecule has 0 saturated carbocycles. The molecule has 1 unspecified atom stereocenters. The molecule has 0 aromatic heterocycles. The van der Waals surface area contributed by atoms with Crippen LogP contribution in [-0.4, -0.2) is 39.4 Å². The van der Waals surface area contributed by atoms with Gasteiger partial charge in [0.05, 0.1) is 11.3 Å². The average molecular weight is 278 g/mol. The molecule has 1 heterocycles. The molecular weight excluding hydrogens is 264 g/mol. The fourth-order valence-corrected chi connectivity index (χ4v) is 2.41. The molecule has 1 aliphatic rings. The Labute approximate surface area is 115 Å². The molecule has 1 aromatic carbocycles. The van der Waals surface area contributed by atoms with Crippen LogP contribution < -0.4 is 0 Å². The van der Waals surface area contributed by atoms with Crippen molar-refractivity contribution in [3.8, 4) is 0 Å². The van der Waals surface area contributed by atoms with Gasteiger partial charge in [-0.15, -0.1) is 0 Å². The number of carbonyl (C=O) groups excluding carboxylic acids is 1. The highest BCUT2D eigenvalue weighted by Gasteiger charge is 2.31. The molecule has 1 aromatic rings. The van der Waals surface area contributed by atoms with Crippen molar-refractivity contribution in [2.24, 2.45) is 0 Å². The zero-order chi connectivity index (χ0) is 14.7. The Morgan fingerprint density at radius 1 is 1.35 bits per heavy atom. The van der Waals surface area contributed by atoms with Gasteiger partial charge in [0.1, 0.15) is 0 Å². The summed E-state index contributed by atoms with van der Waals surface area (Å²) in [5, 5.41) is 19.4. The van der Waals surface area contributed by atoms with Gasteiger partial charge in [-0.05, 0) is 25.0 Å². The molecule has 1 amide bonds. The number of hydrogen-bond acceptors (Lipinski definition) is 4. The smallest absolute Gasteiger partial charge is 0.305 e. The standard InChI is InChI=1S/C13H14N2O5/c16-12(17)8-11-2-1-7-14(11)13(18)9-3-5-10(6-4-9)15(19)20/h3-6,11H,1-2,7-8H2,(H,16,17). The van der Waals surface area contributed by atoms with E-state index >= 15 is 0 Å². The third-order valence-corrected chi connectivity index (χ3v) is 3.37. The van der Waals surface area contributed by atoms with E-state index in [0.29, 0.717) is 18.5 Å². The Morgan fingerprint density at radius 3 is 2.55 bits per heavy atom. The minimum Gasteiger partial charge on any atom is -0.481 e. The fourth-order valence-electron chi connectivity index (χ4n) is 2.41. The number of hydrogen-bond donors (Lipinski definition) is 1. The van der Waals surface area contributed by atoms with Gasteiger partial charge in [-0.2, -0.15) is 0 Å². The lowest BCUT2D eigenvalue weighted by atomic mass is 10.1. The number of carboxylic acid groups (broad SMARTS) is 1. The van der Waals surface area contributed by atoms with Crippen LogP contribution in [0.25, 0.3) is 0 Å². The first kappa shape index (κ1) is 14.0. The summed E-state index contributed by atoms with van der Waals surface area (Å²) in [6, 6.07) is 5.05. The number of nitro groups is 1. The molecule has 1 N–H and O–H groups in total. The topological polar surface area (TPSA) is 101 Å². The highest BCUT2D eigenvalue weighted by molar-refractivity contribution is 5.95. The number of benzene rings is 1. The minimum atomic E-state index is -0.932. The average Bonchev–Trinajstić information content (AvgIpc) is 2.85. The molecule has 1 atom stereocenters. The SMILES string of the molecule is O=C(O)CC1CCCN1C(=O)c1ccc([N+](=O)[O-])cc1. The molecule has 1 fully saturated rings. The number of rotatable bonds is 4. The number of carboxylic acids is 1. The first-order valence-electron chi connectivity index (χ1n) is 6.26. The van der Waals surface area contributed by atoms with Crippen molar-refractivity contribution in [2.75, 3.05) is 6.54 Å². The molecule has 106 valence electrons. The van der Waals surface area contributed by atoms with E-state index in [9.17, 15) is 19.7 Å². The van der Waals surface area contributed by atoms with Gasteiger partial charge in [0, 0.05) is 30.3 Å². The van der Waals surface area contributed by atoms with Crippen molar-refractivity contribution in [3.05, 3.63) is 39.9 Å². The lowest BCUT2D eigenvalue weighted by Crippen LogP contribution is -2.36. The van der Waals surface area contributed by atoms with Gasteiger partial charge >= 0.3 is 5.97 Å². The molecule has 0 aliphatic carbocycles. The minimum absolute atomic E-state index is 0.0707. The van der Waals surface area contributed by atoms with Crippen molar-refractivity contribution in [1.29, 1.82) is 0 Å². The summed E-state index contributed by atoms with van der Waals surface area (Å²) in [7, 11) is 0. The van der Waals surface area contributed by atoms with Crippen LogP contribution in [0.5, 0.6) is 0 Å². The predicted octanol–water partition coefficient (Wildman–Crippen LogP) is 1.67. The van der Waals surface area contributed by atoms with Gasteiger partial charge in [-0.25, -0.2) is 0 Å².